The van der Waals surface area contributed by atoms with Crippen molar-refractivity contribution in [1.82, 2.24) is 0 Å². The summed E-state index contributed by atoms with van der Waals surface area (Å²) in [4.78, 5) is 22.2. The van der Waals surface area contributed by atoms with Crippen LogP contribution in [0.5, 0.6) is 0 Å². The molecule has 3 nitrogen and oxygen atoms in total. The van der Waals surface area contributed by atoms with E-state index in [4.69, 9.17) is 0 Å². The van der Waals surface area contributed by atoms with Crippen LogP contribution in [-0.2, 0) is 9.53 Å². The van der Waals surface area contributed by atoms with Crippen molar-refractivity contribution in [2.45, 2.75) is 13.0 Å². The van der Waals surface area contributed by atoms with Gasteiger partial charge in [-0.3, -0.25) is 9.59 Å². The Kier molecular flexibility index (Phi) is 3.97. The first-order chi connectivity index (χ1) is 7.15. The van der Waals surface area contributed by atoms with E-state index in [1.54, 1.807) is 30.3 Å². The summed E-state index contributed by atoms with van der Waals surface area (Å²) in [6.45, 7) is 0.133. The first kappa shape index (κ1) is 11.4. The molecule has 0 saturated carbocycles. The SMILES string of the molecule is CC(=O)OC(CF)C(=O)c1ccccc1. The van der Waals surface area contributed by atoms with E-state index in [1.807, 2.05) is 0 Å². The number of esters is 1. The summed E-state index contributed by atoms with van der Waals surface area (Å²) in [5.74, 6) is -1.18. The number of rotatable bonds is 4. The monoisotopic (exact) mass is 210 g/mol. The van der Waals surface area contributed by atoms with Gasteiger partial charge in [-0.15, -0.1) is 0 Å². The molecule has 4 heteroatoms. The number of alkyl halides is 1. The van der Waals surface area contributed by atoms with Crippen LogP contribution in [0.25, 0.3) is 0 Å². The highest BCUT2D eigenvalue weighted by Crippen LogP contribution is 2.07. The van der Waals surface area contributed by atoms with Gasteiger partial charge in [0.15, 0.2) is 6.10 Å². The smallest absolute Gasteiger partial charge is 0.303 e. The number of halogens is 1. The third-order valence-electron chi connectivity index (χ3n) is 1.80. The van der Waals surface area contributed by atoms with Crippen LogP contribution in [0.2, 0.25) is 0 Å². The minimum Gasteiger partial charge on any atom is -0.451 e. The Bertz CT molecular complexity index is 348. The van der Waals surface area contributed by atoms with Crippen molar-refractivity contribution < 1.29 is 18.7 Å². The standard InChI is InChI=1S/C11H11FO3/c1-8(13)15-10(7-12)11(14)9-5-3-2-4-6-9/h2-6,10H,7H2,1H3. The molecule has 80 valence electrons. The van der Waals surface area contributed by atoms with Crippen molar-refractivity contribution in [1.29, 1.82) is 0 Å². The first-order valence-electron chi connectivity index (χ1n) is 4.47. The molecule has 0 saturated heterocycles. The van der Waals surface area contributed by atoms with Gasteiger partial charge in [0.1, 0.15) is 6.67 Å². The maximum Gasteiger partial charge on any atom is 0.303 e. The Morgan fingerprint density at radius 2 is 1.93 bits per heavy atom. The number of hydrogen-bond donors (Lipinski definition) is 0. The van der Waals surface area contributed by atoms with Crippen molar-refractivity contribution >= 4 is 11.8 Å². The van der Waals surface area contributed by atoms with Crippen LogP contribution in [0.4, 0.5) is 4.39 Å². The van der Waals surface area contributed by atoms with Gasteiger partial charge in [-0.25, -0.2) is 4.39 Å². The van der Waals surface area contributed by atoms with E-state index in [-0.39, 0.29) is 0 Å². The van der Waals surface area contributed by atoms with Gasteiger partial charge in [0.2, 0.25) is 5.78 Å². The molecule has 0 amide bonds. The van der Waals surface area contributed by atoms with Gasteiger partial charge in [-0.2, -0.15) is 0 Å². The third-order valence-corrected chi connectivity index (χ3v) is 1.80. The Labute approximate surface area is 86.9 Å². The maximum atomic E-state index is 12.5. The molecule has 0 aliphatic rings. The number of Topliss-reactive ketones (excluding diaryl/α,β-unsaturated/α-hetero) is 1. The topological polar surface area (TPSA) is 43.4 Å². The third kappa shape index (κ3) is 3.16. The average molecular weight is 210 g/mol. The number of carbonyl (C=O) groups is 2. The number of carbonyl (C=O) groups excluding carboxylic acids is 2. The highest BCUT2D eigenvalue weighted by molar-refractivity contribution is 6.00. The van der Waals surface area contributed by atoms with Crippen LogP contribution < -0.4 is 0 Å². The van der Waals surface area contributed by atoms with E-state index >= 15 is 0 Å². The fourth-order valence-corrected chi connectivity index (χ4v) is 1.14. The van der Waals surface area contributed by atoms with Crippen molar-refractivity contribution in [2.75, 3.05) is 6.67 Å². The molecular formula is C11H11FO3. The Morgan fingerprint density at radius 3 is 2.40 bits per heavy atom. The zero-order valence-electron chi connectivity index (χ0n) is 8.27. The first-order valence-corrected chi connectivity index (χ1v) is 4.47. The number of ketones is 1. The minimum absolute atomic E-state index is 0.335. The molecule has 1 aromatic rings. The lowest BCUT2D eigenvalue weighted by Gasteiger charge is -2.11. The van der Waals surface area contributed by atoms with E-state index in [1.165, 1.54) is 0 Å². The molecule has 0 aliphatic heterocycles. The Hall–Kier alpha value is -1.71. The van der Waals surface area contributed by atoms with Crippen LogP contribution >= 0.6 is 0 Å². The maximum absolute atomic E-state index is 12.5. The van der Waals surface area contributed by atoms with E-state index in [2.05, 4.69) is 4.74 Å². The van der Waals surface area contributed by atoms with Gasteiger partial charge in [-0.1, -0.05) is 30.3 Å². The van der Waals surface area contributed by atoms with E-state index < -0.39 is 24.5 Å². The van der Waals surface area contributed by atoms with Crippen LogP contribution in [0, 0.1) is 0 Å². The largest absolute Gasteiger partial charge is 0.451 e. The summed E-state index contributed by atoms with van der Waals surface area (Å²) in [6.07, 6.45) is -1.33. The zero-order valence-corrected chi connectivity index (χ0v) is 8.27. The molecule has 0 fully saturated rings. The van der Waals surface area contributed by atoms with Crippen LogP contribution in [0.15, 0.2) is 30.3 Å². The van der Waals surface area contributed by atoms with E-state index in [0.717, 1.165) is 6.92 Å². The second-order valence-corrected chi connectivity index (χ2v) is 2.98. The van der Waals surface area contributed by atoms with Crippen molar-refractivity contribution in [3.63, 3.8) is 0 Å². The predicted octanol–water partition coefficient (Wildman–Crippen LogP) is 1.77. The Morgan fingerprint density at radius 1 is 1.33 bits per heavy atom. The fraction of sp³-hybridized carbons (Fsp3) is 0.273. The summed E-state index contributed by atoms with van der Waals surface area (Å²) in [6, 6.07) is 8.17. The Balaban J connectivity index is 2.78. The fourth-order valence-electron chi connectivity index (χ4n) is 1.14. The number of hydrogen-bond acceptors (Lipinski definition) is 3. The summed E-state index contributed by atoms with van der Waals surface area (Å²) in [7, 11) is 0. The lowest BCUT2D eigenvalue weighted by atomic mass is 10.1. The van der Waals surface area contributed by atoms with Gasteiger partial charge in [0.05, 0.1) is 0 Å². The molecule has 1 rings (SSSR count). The number of ether oxygens (including phenoxy) is 1. The van der Waals surface area contributed by atoms with Gasteiger partial charge < -0.3 is 4.74 Å². The van der Waals surface area contributed by atoms with Crippen LogP contribution in [0.1, 0.15) is 17.3 Å². The molecule has 1 atom stereocenters. The molecule has 0 aliphatic carbocycles. The molecule has 0 N–H and O–H groups in total. The molecular weight excluding hydrogens is 199 g/mol. The normalized spacial score (nSPS) is 11.9. The zero-order chi connectivity index (χ0) is 11.3. The van der Waals surface area contributed by atoms with Gasteiger partial charge >= 0.3 is 5.97 Å². The minimum atomic E-state index is -1.33. The quantitative estimate of drug-likeness (QED) is 0.562. The second kappa shape index (κ2) is 5.24. The van der Waals surface area contributed by atoms with Gasteiger partial charge in [0, 0.05) is 12.5 Å². The molecule has 1 unspecified atom stereocenters. The number of benzene rings is 1. The van der Waals surface area contributed by atoms with Gasteiger partial charge in [0.25, 0.3) is 0 Å². The lowest BCUT2D eigenvalue weighted by molar-refractivity contribution is -0.144. The molecule has 0 spiro atoms. The molecule has 1 aromatic carbocycles. The summed E-state index contributed by atoms with van der Waals surface area (Å²) >= 11 is 0. The lowest BCUT2D eigenvalue weighted by Crippen LogP contribution is -2.28. The van der Waals surface area contributed by atoms with Crippen LogP contribution in [0.3, 0.4) is 0 Å². The summed E-state index contributed by atoms with van der Waals surface area (Å²) < 4.78 is 17.0. The highest BCUT2D eigenvalue weighted by atomic mass is 19.1. The van der Waals surface area contributed by atoms with Crippen LogP contribution in [-0.4, -0.2) is 24.5 Å². The molecule has 0 heterocycles. The second-order valence-electron chi connectivity index (χ2n) is 2.98. The van der Waals surface area contributed by atoms with E-state index in [0.29, 0.717) is 5.56 Å². The van der Waals surface area contributed by atoms with Crippen molar-refractivity contribution in [3.8, 4) is 0 Å². The molecule has 0 bridgehead atoms. The predicted molar refractivity (Wildman–Crippen MR) is 52.3 cm³/mol. The van der Waals surface area contributed by atoms with E-state index in [9.17, 15) is 14.0 Å². The van der Waals surface area contributed by atoms with Crippen molar-refractivity contribution in [3.05, 3.63) is 35.9 Å². The summed E-state index contributed by atoms with van der Waals surface area (Å²) in [5, 5.41) is 0. The molecule has 0 aromatic heterocycles. The van der Waals surface area contributed by atoms with Crippen molar-refractivity contribution in [2.24, 2.45) is 0 Å². The highest BCUT2D eigenvalue weighted by Gasteiger charge is 2.22. The average Bonchev–Trinajstić information content (AvgIpc) is 2.26. The summed E-state index contributed by atoms with van der Waals surface area (Å²) in [5.41, 5.74) is 0.335. The molecule has 15 heavy (non-hydrogen) atoms. The van der Waals surface area contributed by atoms with Gasteiger partial charge in [-0.05, 0) is 0 Å². The molecule has 0 radical (unpaired) electrons.